The number of hydrogen-bond acceptors (Lipinski definition) is 1. The predicted molar refractivity (Wildman–Crippen MR) is 77.4 cm³/mol. The maximum Gasteiger partial charge on any atom is 0.416 e. The summed E-state index contributed by atoms with van der Waals surface area (Å²) < 4.78 is 37.5. The van der Waals surface area contributed by atoms with Gasteiger partial charge < -0.3 is 5.11 Å². The minimum Gasteiger partial charge on any atom is -0.478 e. The van der Waals surface area contributed by atoms with Gasteiger partial charge in [0.2, 0.25) is 0 Å². The van der Waals surface area contributed by atoms with E-state index in [1.54, 1.807) is 18.2 Å². The van der Waals surface area contributed by atoms with Crippen LogP contribution in [0.4, 0.5) is 13.2 Å². The van der Waals surface area contributed by atoms with E-state index in [0.29, 0.717) is 6.42 Å². The van der Waals surface area contributed by atoms with Crippen molar-refractivity contribution in [1.29, 1.82) is 0 Å². The normalized spacial score (nSPS) is 11.8. The zero-order chi connectivity index (χ0) is 16.2. The molecular weight excluding hydrogens is 293 g/mol. The molecule has 0 bridgehead atoms. The monoisotopic (exact) mass is 306 g/mol. The number of aliphatic carboxylic acids is 1. The first-order valence-electron chi connectivity index (χ1n) is 6.51. The Bertz CT molecular complexity index is 686. The average molecular weight is 306 g/mol. The molecule has 0 fully saturated rings. The second kappa shape index (κ2) is 6.47. The molecule has 0 saturated carbocycles. The van der Waals surface area contributed by atoms with E-state index in [1.807, 2.05) is 6.07 Å². The molecule has 0 heterocycles. The summed E-state index contributed by atoms with van der Waals surface area (Å²) in [4.78, 5) is 10.5. The molecule has 2 nitrogen and oxygen atoms in total. The van der Waals surface area contributed by atoms with Gasteiger partial charge in [0.05, 0.1) is 5.56 Å². The molecule has 0 atom stereocenters. The van der Waals surface area contributed by atoms with Crippen molar-refractivity contribution in [3.8, 4) is 0 Å². The summed E-state index contributed by atoms with van der Waals surface area (Å²) >= 11 is 0. The highest BCUT2D eigenvalue weighted by atomic mass is 19.4. The molecule has 2 aromatic rings. The highest BCUT2D eigenvalue weighted by Crippen LogP contribution is 2.29. The zero-order valence-corrected chi connectivity index (χ0v) is 11.5. The Balaban J connectivity index is 2.14. The minimum absolute atomic E-state index is 0.479. The van der Waals surface area contributed by atoms with E-state index >= 15 is 0 Å². The second-order valence-corrected chi connectivity index (χ2v) is 4.79. The van der Waals surface area contributed by atoms with E-state index in [1.165, 1.54) is 18.2 Å². The lowest BCUT2D eigenvalue weighted by Gasteiger charge is -2.08. The van der Waals surface area contributed by atoms with Gasteiger partial charge in [0.25, 0.3) is 0 Å². The van der Waals surface area contributed by atoms with Crippen LogP contribution in [0.3, 0.4) is 0 Å². The summed E-state index contributed by atoms with van der Waals surface area (Å²) in [5.74, 6) is -1.03. The number of halogens is 3. The molecule has 2 aromatic carbocycles. The first-order valence-corrected chi connectivity index (χ1v) is 6.51. The van der Waals surface area contributed by atoms with Gasteiger partial charge in [-0.3, -0.25) is 0 Å². The lowest BCUT2D eigenvalue weighted by atomic mass is 10.0. The van der Waals surface area contributed by atoms with Crippen LogP contribution in [0.1, 0.15) is 22.3 Å². The Morgan fingerprint density at radius 2 is 1.73 bits per heavy atom. The van der Waals surface area contributed by atoms with Gasteiger partial charge in [-0.15, -0.1) is 0 Å². The summed E-state index contributed by atoms with van der Waals surface area (Å²) in [5, 5.41) is 8.59. The smallest absolute Gasteiger partial charge is 0.416 e. The van der Waals surface area contributed by atoms with Crippen molar-refractivity contribution in [1.82, 2.24) is 0 Å². The van der Waals surface area contributed by atoms with Gasteiger partial charge in [0.1, 0.15) is 0 Å². The summed E-state index contributed by atoms with van der Waals surface area (Å²) in [6.45, 7) is 0. The van der Waals surface area contributed by atoms with Crippen LogP contribution in [0, 0.1) is 0 Å². The van der Waals surface area contributed by atoms with E-state index in [2.05, 4.69) is 0 Å². The van der Waals surface area contributed by atoms with Gasteiger partial charge in [-0.1, -0.05) is 36.4 Å². The van der Waals surface area contributed by atoms with Crippen LogP contribution in [0.5, 0.6) is 0 Å². The number of benzene rings is 2. The first kappa shape index (κ1) is 15.8. The Morgan fingerprint density at radius 1 is 1.05 bits per heavy atom. The molecule has 0 aromatic heterocycles. The largest absolute Gasteiger partial charge is 0.478 e. The molecule has 0 amide bonds. The van der Waals surface area contributed by atoms with Crippen molar-refractivity contribution in [3.05, 3.63) is 76.9 Å². The lowest BCUT2D eigenvalue weighted by molar-refractivity contribution is -0.137. The molecule has 0 aliphatic heterocycles. The SMILES string of the molecule is O=C(O)/C=C/c1cccc(Cc2ccc(C(F)(F)F)cc2)c1. The van der Waals surface area contributed by atoms with Crippen molar-refractivity contribution in [3.63, 3.8) is 0 Å². The maximum atomic E-state index is 12.5. The topological polar surface area (TPSA) is 37.3 Å². The van der Waals surface area contributed by atoms with E-state index in [0.717, 1.165) is 34.9 Å². The molecule has 0 spiro atoms. The minimum atomic E-state index is -4.33. The fourth-order valence-electron chi connectivity index (χ4n) is 2.02. The van der Waals surface area contributed by atoms with Crippen LogP contribution < -0.4 is 0 Å². The number of carboxylic acid groups (broad SMARTS) is 1. The summed E-state index contributed by atoms with van der Waals surface area (Å²) in [6, 6.07) is 12.2. The summed E-state index contributed by atoms with van der Waals surface area (Å²) in [7, 11) is 0. The van der Waals surface area contributed by atoms with Gasteiger partial charge in [-0.25, -0.2) is 4.79 Å². The van der Waals surface area contributed by atoms with Crippen LogP contribution in [-0.2, 0) is 17.4 Å². The van der Waals surface area contributed by atoms with Crippen LogP contribution in [0.15, 0.2) is 54.6 Å². The Labute approximate surface area is 125 Å². The number of hydrogen-bond donors (Lipinski definition) is 1. The van der Waals surface area contributed by atoms with Crippen LogP contribution >= 0.6 is 0 Å². The fraction of sp³-hybridized carbons (Fsp3) is 0.118. The third-order valence-electron chi connectivity index (χ3n) is 3.06. The van der Waals surface area contributed by atoms with Crippen LogP contribution in [0.25, 0.3) is 6.08 Å². The van der Waals surface area contributed by atoms with Crippen LogP contribution in [0.2, 0.25) is 0 Å². The molecule has 114 valence electrons. The highest BCUT2D eigenvalue weighted by molar-refractivity contribution is 5.85. The van der Waals surface area contributed by atoms with Gasteiger partial charge in [0.15, 0.2) is 0 Å². The standard InChI is InChI=1S/C17H13F3O2/c18-17(19,20)15-7-4-13(5-8-15)11-14-3-1-2-12(10-14)6-9-16(21)22/h1-10H,11H2,(H,21,22)/b9-6+. The highest BCUT2D eigenvalue weighted by Gasteiger charge is 2.29. The van der Waals surface area contributed by atoms with Crippen molar-refractivity contribution >= 4 is 12.0 Å². The Kier molecular flexibility index (Phi) is 4.65. The Hall–Kier alpha value is -2.56. The van der Waals surface area contributed by atoms with Gasteiger partial charge in [-0.05, 0) is 41.3 Å². The zero-order valence-electron chi connectivity index (χ0n) is 11.5. The fourth-order valence-corrected chi connectivity index (χ4v) is 2.02. The molecule has 2 rings (SSSR count). The predicted octanol–water partition coefficient (Wildman–Crippen LogP) is 4.39. The Morgan fingerprint density at radius 3 is 2.32 bits per heavy atom. The quantitative estimate of drug-likeness (QED) is 0.850. The molecular formula is C17H13F3O2. The lowest BCUT2D eigenvalue weighted by Crippen LogP contribution is -2.04. The van der Waals surface area contributed by atoms with E-state index in [-0.39, 0.29) is 0 Å². The molecule has 1 N–H and O–H groups in total. The summed E-state index contributed by atoms with van der Waals surface area (Å²) in [6.07, 6.45) is -1.34. The van der Waals surface area contributed by atoms with Crippen molar-refractivity contribution in [2.24, 2.45) is 0 Å². The number of rotatable bonds is 4. The number of carbonyl (C=O) groups is 1. The third kappa shape index (κ3) is 4.48. The average Bonchev–Trinajstić information content (AvgIpc) is 2.45. The first-order chi connectivity index (χ1) is 10.3. The van der Waals surface area contributed by atoms with Gasteiger partial charge >= 0.3 is 12.1 Å². The maximum absolute atomic E-state index is 12.5. The van der Waals surface area contributed by atoms with E-state index in [9.17, 15) is 18.0 Å². The van der Waals surface area contributed by atoms with Crippen molar-refractivity contribution < 1.29 is 23.1 Å². The third-order valence-corrected chi connectivity index (χ3v) is 3.06. The van der Waals surface area contributed by atoms with Crippen LogP contribution in [-0.4, -0.2) is 11.1 Å². The molecule has 0 saturated heterocycles. The molecule has 22 heavy (non-hydrogen) atoms. The van der Waals surface area contributed by atoms with Crippen molar-refractivity contribution in [2.45, 2.75) is 12.6 Å². The molecule has 0 aliphatic rings. The summed E-state index contributed by atoms with van der Waals surface area (Å²) in [5.41, 5.74) is 1.71. The molecule has 0 aliphatic carbocycles. The molecule has 0 unspecified atom stereocenters. The molecule has 5 heteroatoms. The van der Waals surface area contributed by atoms with Gasteiger partial charge in [0, 0.05) is 6.08 Å². The van der Waals surface area contributed by atoms with E-state index in [4.69, 9.17) is 5.11 Å². The number of alkyl halides is 3. The second-order valence-electron chi connectivity index (χ2n) is 4.79. The van der Waals surface area contributed by atoms with E-state index < -0.39 is 17.7 Å². The number of carboxylic acids is 1. The van der Waals surface area contributed by atoms with Crippen molar-refractivity contribution in [2.75, 3.05) is 0 Å². The molecule has 0 radical (unpaired) electrons. The van der Waals surface area contributed by atoms with Gasteiger partial charge in [-0.2, -0.15) is 13.2 Å².